The number of hydrogen-bond acceptors (Lipinski definition) is 6. The first-order chi connectivity index (χ1) is 11.2. The zero-order valence-corrected chi connectivity index (χ0v) is 14.2. The number of nitrogens with one attached hydrogen (secondary N) is 2. The van der Waals surface area contributed by atoms with Crippen molar-refractivity contribution in [1.82, 2.24) is 30.3 Å². The van der Waals surface area contributed by atoms with Crippen LogP contribution in [-0.4, -0.2) is 31.0 Å². The monoisotopic (exact) mass is 335 g/mol. The van der Waals surface area contributed by atoms with Gasteiger partial charge in [0.2, 0.25) is 5.13 Å². The average Bonchev–Trinajstić information content (AvgIpc) is 3.14. The van der Waals surface area contributed by atoms with Crippen molar-refractivity contribution in [2.24, 2.45) is 0 Å². The van der Waals surface area contributed by atoms with Crippen LogP contribution < -0.4 is 10.6 Å². The molecule has 0 aromatic carbocycles. The minimum atomic E-state index is -0.274. The van der Waals surface area contributed by atoms with Gasteiger partial charge in [-0.1, -0.05) is 25.2 Å². The molecule has 124 valence electrons. The Bertz CT molecular complexity index is 680. The van der Waals surface area contributed by atoms with Crippen LogP contribution in [0.1, 0.15) is 55.8 Å². The molecule has 0 aliphatic carbocycles. The molecule has 2 aromatic heterocycles. The summed E-state index contributed by atoms with van der Waals surface area (Å²) in [7, 11) is 0. The minimum Gasteiger partial charge on any atom is -0.328 e. The highest BCUT2D eigenvalue weighted by Crippen LogP contribution is 2.23. The second kappa shape index (κ2) is 7.03. The zero-order valence-electron chi connectivity index (χ0n) is 13.4. The number of anilines is 1. The summed E-state index contributed by atoms with van der Waals surface area (Å²) in [5, 5.41) is 19.7. The van der Waals surface area contributed by atoms with Crippen LogP contribution in [0, 0.1) is 0 Å². The van der Waals surface area contributed by atoms with E-state index in [1.165, 1.54) is 11.3 Å². The first-order valence-corrected chi connectivity index (χ1v) is 8.84. The molecule has 0 radical (unpaired) electrons. The summed E-state index contributed by atoms with van der Waals surface area (Å²) in [4.78, 5) is 16.7. The predicted octanol–water partition coefficient (Wildman–Crippen LogP) is 2.30. The highest BCUT2D eigenvalue weighted by molar-refractivity contribution is 7.15. The lowest BCUT2D eigenvalue weighted by Gasteiger charge is -2.22. The topological polar surface area (TPSA) is 97.6 Å². The van der Waals surface area contributed by atoms with Gasteiger partial charge in [-0.25, -0.2) is 14.5 Å². The molecule has 3 heterocycles. The van der Waals surface area contributed by atoms with Gasteiger partial charge in [0.05, 0.1) is 6.04 Å². The normalized spacial score (nSPS) is 16.9. The molecule has 8 nitrogen and oxygen atoms in total. The molecule has 1 aliphatic rings. The van der Waals surface area contributed by atoms with Crippen molar-refractivity contribution in [1.29, 1.82) is 0 Å². The number of rotatable bonds is 5. The smallest absolute Gasteiger partial charge is 0.321 e. The van der Waals surface area contributed by atoms with E-state index in [0.29, 0.717) is 5.13 Å². The fourth-order valence-corrected chi connectivity index (χ4v) is 3.43. The molecule has 23 heavy (non-hydrogen) atoms. The Balaban J connectivity index is 1.63. The van der Waals surface area contributed by atoms with Crippen molar-refractivity contribution in [3.05, 3.63) is 16.7 Å². The number of aryl methyl sites for hydroxylation is 3. The highest BCUT2D eigenvalue weighted by Gasteiger charge is 2.25. The van der Waals surface area contributed by atoms with E-state index >= 15 is 0 Å². The van der Waals surface area contributed by atoms with Gasteiger partial charge in [-0.3, -0.25) is 5.32 Å². The summed E-state index contributed by atoms with van der Waals surface area (Å²) in [6.45, 7) is 4.98. The number of urea groups is 1. The van der Waals surface area contributed by atoms with E-state index in [9.17, 15) is 4.79 Å². The van der Waals surface area contributed by atoms with E-state index in [0.717, 1.165) is 55.3 Å². The van der Waals surface area contributed by atoms with Gasteiger partial charge in [-0.2, -0.15) is 5.10 Å². The van der Waals surface area contributed by atoms with E-state index in [2.05, 4.69) is 37.8 Å². The summed E-state index contributed by atoms with van der Waals surface area (Å²) >= 11 is 1.41. The molecule has 0 saturated carbocycles. The largest absolute Gasteiger partial charge is 0.328 e. The van der Waals surface area contributed by atoms with Crippen molar-refractivity contribution in [2.45, 2.75) is 58.5 Å². The second-order valence-corrected chi connectivity index (χ2v) is 6.57. The maximum Gasteiger partial charge on any atom is 0.321 e. The van der Waals surface area contributed by atoms with Crippen molar-refractivity contribution < 1.29 is 4.79 Å². The molecule has 2 aromatic rings. The molecule has 3 rings (SSSR count). The molecular weight excluding hydrogens is 314 g/mol. The first kappa shape index (κ1) is 15.9. The van der Waals surface area contributed by atoms with E-state index in [1.807, 2.05) is 11.6 Å². The van der Waals surface area contributed by atoms with Gasteiger partial charge in [0.1, 0.15) is 10.8 Å². The maximum atomic E-state index is 12.2. The SMILES string of the molecule is CCCc1nnc(NC(=O)N[C@@H]2CCCn3nc(CC)nc32)s1. The Hall–Kier alpha value is -2.03. The molecule has 0 fully saturated rings. The number of carbonyl (C=O) groups excluding carboxylic acids is 1. The Labute approximate surface area is 138 Å². The van der Waals surface area contributed by atoms with Gasteiger partial charge < -0.3 is 5.32 Å². The van der Waals surface area contributed by atoms with Crippen molar-refractivity contribution >= 4 is 22.5 Å². The molecule has 1 aliphatic heterocycles. The molecule has 0 unspecified atom stereocenters. The second-order valence-electron chi connectivity index (χ2n) is 5.51. The van der Waals surface area contributed by atoms with Crippen LogP contribution in [0.2, 0.25) is 0 Å². The van der Waals surface area contributed by atoms with Crippen molar-refractivity contribution in [3.8, 4) is 0 Å². The van der Waals surface area contributed by atoms with Crippen LogP contribution in [0.25, 0.3) is 0 Å². The number of fused-ring (bicyclic) bond motifs is 1. The van der Waals surface area contributed by atoms with Gasteiger partial charge >= 0.3 is 6.03 Å². The fourth-order valence-electron chi connectivity index (χ4n) is 2.60. The Morgan fingerprint density at radius 3 is 3.04 bits per heavy atom. The maximum absolute atomic E-state index is 12.2. The van der Waals surface area contributed by atoms with Crippen molar-refractivity contribution in [2.75, 3.05) is 5.32 Å². The van der Waals surface area contributed by atoms with Gasteiger partial charge in [0, 0.05) is 19.4 Å². The number of aromatic nitrogens is 5. The number of nitrogens with zero attached hydrogens (tertiary/aromatic N) is 5. The summed E-state index contributed by atoms with van der Waals surface area (Å²) in [6.07, 6.45) is 4.53. The first-order valence-electron chi connectivity index (χ1n) is 8.03. The summed E-state index contributed by atoms with van der Waals surface area (Å²) in [6, 6.07) is -0.386. The van der Waals surface area contributed by atoms with Crippen LogP contribution in [0.5, 0.6) is 0 Å². The quantitative estimate of drug-likeness (QED) is 0.874. The molecule has 0 spiro atoms. The van der Waals surface area contributed by atoms with Crippen LogP contribution in [0.3, 0.4) is 0 Å². The van der Waals surface area contributed by atoms with E-state index in [4.69, 9.17) is 0 Å². The fraction of sp³-hybridized carbons (Fsp3) is 0.643. The lowest BCUT2D eigenvalue weighted by atomic mass is 10.1. The zero-order chi connectivity index (χ0) is 16.2. The number of carbonyl (C=O) groups is 1. The molecule has 0 bridgehead atoms. The van der Waals surface area contributed by atoms with Gasteiger partial charge in [0.15, 0.2) is 5.82 Å². The third-order valence-corrected chi connectivity index (χ3v) is 4.59. The Kier molecular flexibility index (Phi) is 4.85. The van der Waals surface area contributed by atoms with Crippen LogP contribution in [0.4, 0.5) is 9.93 Å². The molecule has 1 atom stereocenters. The van der Waals surface area contributed by atoms with Gasteiger partial charge in [-0.15, -0.1) is 10.2 Å². The van der Waals surface area contributed by atoms with E-state index in [1.54, 1.807) is 0 Å². The summed E-state index contributed by atoms with van der Waals surface area (Å²) < 4.78 is 1.90. The summed E-state index contributed by atoms with van der Waals surface area (Å²) in [5.41, 5.74) is 0. The average molecular weight is 335 g/mol. The third kappa shape index (κ3) is 3.66. The molecule has 2 amide bonds. The number of hydrogen-bond donors (Lipinski definition) is 2. The van der Waals surface area contributed by atoms with Crippen LogP contribution in [0.15, 0.2) is 0 Å². The molecular formula is C14H21N7OS. The van der Waals surface area contributed by atoms with Gasteiger partial charge in [0.25, 0.3) is 0 Å². The lowest BCUT2D eigenvalue weighted by molar-refractivity contribution is 0.244. The lowest BCUT2D eigenvalue weighted by Crippen LogP contribution is -2.36. The molecule has 2 N–H and O–H groups in total. The molecule has 9 heteroatoms. The highest BCUT2D eigenvalue weighted by atomic mass is 32.1. The minimum absolute atomic E-state index is 0.111. The van der Waals surface area contributed by atoms with Crippen molar-refractivity contribution in [3.63, 3.8) is 0 Å². The van der Waals surface area contributed by atoms with E-state index < -0.39 is 0 Å². The summed E-state index contributed by atoms with van der Waals surface area (Å²) in [5.74, 6) is 1.66. The Morgan fingerprint density at radius 1 is 1.39 bits per heavy atom. The predicted molar refractivity (Wildman–Crippen MR) is 87.4 cm³/mol. The van der Waals surface area contributed by atoms with E-state index in [-0.39, 0.29) is 12.1 Å². The van der Waals surface area contributed by atoms with Gasteiger partial charge in [-0.05, 0) is 19.3 Å². The third-order valence-electron chi connectivity index (χ3n) is 3.69. The van der Waals surface area contributed by atoms with Crippen LogP contribution in [-0.2, 0) is 19.4 Å². The van der Waals surface area contributed by atoms with Crippen LogP contribution >= 0.6 is 11.3 Å². The number of amides is 2. The molecule has 0 saturated heterocycles. The standard InChI is InChI=1S/C14H21N7OS/c1-3-6-11-18-19-14(23-11)17-13(22)15-9-7-5-8-21-12(9)16-10(4-2)20-21/h9H,3-8H2,1-2H3,(H2,15,17,19,22)/t9-/m1/s1. The Morgan fingerprint density at radius 2 is 2.26 bits per heavy atom.